The molecule has 2 unspecified atom stereocenters. The molecule has 0 aliphatic heterocycles. The van der Waals surface area contributed by atoms with Gasteiger partial charge >= 0.3 is 5.97 Å². The number of nitrogens with one attached hydrogen (secondary N) is 3. The highest BCUT2D eigenvalue weighted by Gasteiger charge is 2.29. The first-order valence-electron chi connectivity index (χ1n) is 13.8. The maximum absolute atomic E-state index is 13.4. The Kier molecular flexibility index (Phi) is 15.6. The summed E-state index contributed by atoms with van der Waals surface area (Å²) in [6, 6.07) is 8.00. The van der Waals surface area contributed by atoms with E-state index in [9.17, 15) is 38.4 Å². The van der Waals surface area contributed by atoms with Crippen LogP contribution in [0.15, 0.2) is 30.3 Å². The Labute approximate surface area is 245 Å². The summed E-state index contributed by atoms with van der Waals surface area (Å²) in [5.41, 5.74) is 0.776. The molecule has 3 amide bonds. The van der Waals surface area contributed by atoms with Crippen LogP contribution >= 0.6 is 0 Å². The van der Waals surface area contributed by atoms with Crippen LogP contribution in [-0.4, -0.2) is 71.1 Å². The molecular formula is C30H41N3O9. The Morgan fingerprint density at radius 2 is 1.40 bits per heavy atom. The van der Waals surface area contributed by atoms with E-state index in [1.807, 2.05) is 13.8 Å². The number of carbonyl (C=O) groups excluding carboxylic acids is 7. The third-order valence-electron chi connectivity index (χ3n) is 6.46. The van der Waals surface area contributed by atoms with Crippen LogP contribution in [0.2, 0.25) is 0 Å². The van der Waals surface area contributed by atoms with E-state index in [0.717, 1.165) is 5.56 Å². The second-order valence-electron chi connectivity index (χ2n) is 10.7. The average molecular weight is 588 g/mol. The molecule has 2 atom stereocenters. The van der Waals surface area contributed by atoms with Gasteiger partial charge in [0.1, 0.15) is 11.6 Å². The molecule has 0 aliphatic rings. The molecule has 0 saturated carbocycles. The normalized spacial score (nSPS) is 12.2. The maximum Gasteiger partial charge on any atom is 0.303 e. The Hall–Kier alpha value is -4.22. The summed E-state index contributed by atoms with van der Waals surface area (Å²) >= 11 is 0. The highest BCUT2D eigenvalue weighted by atomic mass is 16.4. The molecule has 0 aliphatic carbocycles. The molecule has 1 aromatic rings. The van der Waals surface area contributed by atoms with E-state index in [1.54, 1.807) is 30.3 Å². The second-order valence-corrected chi connectivity index (χ2v) is 10.7. The number of Topliss-reactive ketones (excluding diaryl/α,β-unsaturated/α-hetero) is 4. The molecule has 0 spiro atoms. The van der Waals surface area contributed by atoms with Gasteiger partial charge in [-0.3, -0.25) is 38.4 Å². The SMILES string of the molecule is CC(=O)C(CC(=O)CNC(=O)C(CC(=O)C(CC(C)C)NC(=O)CNC(=O)CCC(=O)O)Cc1ccccc1)C(C)=O. The van der Waals surface area contributed by atoms with Crippen LogP contribution in [0.3, 0.4) is 0 Å². The van der Waals surface area contributed by atoms with Crippen molar-refractivity contribution in [3.8, 4) is 0 Å². The molecule has 0 heterocycles. The van der Waals surface area contributed by atoms with Gasteiger partial charge in [-0.2, -0.15) is 0 Å². The molecule has 0 aromatic heterocycles. The van der Waals surface area contributed by atoms with E-state index in [0.29, 0.717) is 0 Å². The number of aliphatic carboxylic acids is 1. The average Bonchev–Trinajstić information content (AvgIpc) is 2.91. The highest BCUT2D eigenvalue weighted by molar-refractivity contribution is 6.04. The third kappa shape index (κ3) is 14.4. The van der Waals surface area contributed by atoms with Gasteiger partial charge in [0.25, 0.3) is 0 Å². The van der Waals surface area contributed by atoms with Gasteiger partial charge in [0.15, 0.2) is 11.6 Å². The Morgan fingerprint density at radius 1 is 0.786 bits per heavy atom. The van der Waals surface area contributed by atoms with Crippen molar-refractivity contribution in [2.24, 2.45) is 17.8 Å². The third-order valence-corrected chi connectivity index (χ3v) is 6.46. The van der Waals surface area contributed by atoms with Gasteiger partial charge in [0.2, 0.25) is 17.7 Å². The van der Waals surface area contributed by atoms with E-state index in [2.05, 4.69) is 16.0 Å². The molecular weight excluding hydrogens is 546 g/mol. The van der Waals surface area contributed by atoms with Gasteiger partial charge in [-0.25, -0.2) is 0 Å². The highest BCUT2D eigenvalue weighted by Crippen LogP contribution is 2.17. The standard InChI is InChI=1S/C30H41N3O9/c1-18(2)12-25(33-28(39)17-31-27(38)10-11-29(40)41)26(37)14-22(13-21-8-6-5-7-9-21)30(42)32-16-23(36)15-24(19(3)34)20(4)35/h5-9,18,22,24-25H,10-17H2,1-4H3,(H,31,38)(H,32,42)(H,33,39)(H,40,41). The minimum absolute atomic E-state index is 0.000994. The Bertz CT molecular complexity index is 1130. The molecule has 4 N–H and O–H groups in total. The van der Waals surface area contributed by atoms with Crippen LogP contribution in [0.25, 0.3) is 0 Å². The number of carboxylic acid groups (broad SMARTS) is 1. The van der Waals surface area contributed by atoms with Crippen LogP contribution in [-0.2, 0) is 44.8 Å². The first-order chi connectivity index (χ1) is 19.7. The molecule has 0 radical (unpaired) electrons. The Balaban J connectivity index is 2.95. The van der Waals surface area contributed by atoms with Crippen molar-refractivity contribution in [3.05, 3.63) is 35.9 Å². The lowest BCUT2D eigenvalue weighted by molar-refractivity contribution is -0.139. The van der Waals surface area contributed by atoms with E-state index in [1.165, 1.54) is 13.8 Å². The van der Waals surface area contributed by atoms with Gasteiger partial charge in [0, 0.05) is 25.2 Å². The van der Waals surface area contributed by atoms with Gasteiger partial charge in [0.05, 0.1) is 31.5 Å². The molecule has 1 aromatic carbocycles. The van der Waals surface area contributed by atoms with Crippen molar-refractivity contribution >= 4 is 46.8 Å². The summed E-state index contributed by atoms with van der Waals surface area (Å²) in [5, 5.41) is 16.1. The number of rotatable bonds is 20. The number of benzene rings is 1. The predicted molar refractivity (Wildman–Crippen MR) is 152 cm³/mol. The summed E-state index contributed by atoms with van der Waals surface area (Å²) in [7, 11) is 0. The minimum Gasteiger partial charge on any atom is -0.481 e. The fraction of sp³-hybridized carbons (Fsp3) is 0.533. The summed E-state index contributed by atoms with van der Waals surface area (Å²) in [5.74, 6) is -6.72. The zero-order valence-corrected chi connectivity index (χ0v) is 24.6. The van der Waals surface area contributed by atoms with E-state index >= 15 is 0 Å². The number of hydrogen-bond donors (Lipinski definition) is 4. The number of carboxylic acids is 1. The summed E-state index contributed by atoms with van der Waals surface area (Å²) < 4.78 is 0. The number of hydrogen-bond acceptors (Lipinski definition) is 8. The topological polar surface area (TPSA) is 193 Å². The van der Waals surface area contributed by atoms with Crippen LogP contribution in [0.4, 0.5) is 0 Å². The van der Waals surface area contributed by atoms with Crippen LogP contribution in [0.1, 0.15) is 65.4 Å². The van der Waals surface area contributed by atoms with Crippen molar-refractivity contribution in [1.82, 2.24) is 16.0 Å². The fourth-order valence-electron chi connectivity index (χ4n) is 4.22. The first kappa shape index (κ1) is 35.8. The summed E-state index contributed by atoms with van der Waals surface area (Å²) in [4.78, 5) is 97.2. The van der Waals surface area contributed by atoms with Crippen molar-refractivity contribution < 1.29 is 43.5 Å². The monoisotopic (exact) mass is 587 g/mol. The molecule has 230 valence electrons. The van der Waals surface area contributed by atoms with Gasteiger partial charge in [-0.05, 0) is 38.2 Å². The van der Waals surface area contributed by atoms with E-state index in [4.69, 9.17) is 5.11 Å². The number of ketones is 4. The molecule has 42 heavy (non-hydrogen) atoms. The summed E-state index contributed by atoms with van der Waals surface area (Å²) in [6.45, 7) is 5.30. The van der Waals surface area contributed by atoms with Crippen LogP contribution in [0, 0.1) is 17.8 Å². The summed E-state index contributed by atoms with van der Waals surface area (Å²) in [6.07, 6.45) is -0.804. The molecule has 0 saturated heterocycles. The van der Waals surface area contributed by atoms with E-state index < -0.39 is 77.8 Å². The van der Waals surface area contributed by atoms with Crippen molar-refractivity contribution in [3.63, 3.8) is 0 Å². The lowest BCUT2D eigenvalue weighted by atomic mass is 9.89. The number of amides is 3. The zero-order chi connectivity index (χ0) is 31.8. The maximum atomic E-state index is 13.4. The lowest BCUT2D eigenvalue weighted by Gasteiger charge is -2.23. The van der Waals surface area contributed by atoms with Gasteiger partial charge in [-0.15, -0.1) is 0 Å². The van der Waals surface area contributed by atoms with Crippen LogP contribution in [0.5, 0.6) is 0 Å². The smallest absolute Gasteiger partial charge is 0.303 e. The fourth-order valence-corrected chi connectivity index (χ4v) is 4.22. The Morgan fingerprint density at radius 3 is 1.95 bits per heavy atom. The quantitative estimate of drug-likeness (QED) is 0.162. The molecule has 0 fully saturated rings. The van der Waals surface area contributed by atoms with Gasteiger partial charge < -0.3 is 21.1 Å². The minimum atomic E-state index is -1.15. The molecule has 12 heteroatoms. The van der Waals surface area contributed by atoms with Crippen molar-refractivity contribution in [2.75, 3.05) is 13.1 Å². The first-order valence-corrected chi connectivity index (χ1v) is 13.8. The van der Waals surface area contributed by atoms with Gasteiger partial charge in [-0.1, -0.05) is 44.2 Å². The zero-order valence-electron chi connectivity index (χ0n) is 24.6. The predicted octanol–water partition coefficient (Wildman–Crippen LogP) is 1.19. The largest absolute Gasteiger partial charge is 0.481 e. The van der Waals surface area contributed by atoms with Crippen molar-refractivity contribution in [1.29, 1.82) is 0 Å². The molecule has 0 bridgehead atoms. The molecule has 1 rings (SSSR count). The van der Waals surface area contributed by atoms with Crippen molar-refractivity contribution in [2.45, 2.75) is 72.3 Å². The second kappa shape index (κ2) is 18.3. The van der Waals surface area contributed by atoms with Crippen LogP contribution < -0.4 is 16.0 Å². The molecule has 12 nitrogen and oxygen atoms in total. The van der Waals surface area contributed by atoms with E-state index in [-0.39, 0.29) is 44.4 Å². The number of carbonyl (C=O) groups is 8. The lowest BCUT2D eigenvalue weighted by Crippen LogP contribution is -2.47.